The van der Waals surface area contributed by atoms with Crippen LogP contribution in [0.15, 0.2) is 30.3 Å². The minimum atomic E-state index is -0.137. The standard InChI is InChI=1S/C16H24O/c1-2-3-4-8-11-15(17)16(12-13-16)14-9-6-5-7-10-14/h5-7,9-10,15,17H,2-4,8,11-13H2,1H3. The van der Waals surface area contributed by atoms with Crippen molar-refractivity contribution >= 4 is 0 Å². The van der Waals surface area contributed by atoms with Gasteiger partial charge in [-0.2, -0.15) is 0 Å². The van der Waals surface area contributed by atoms with Crippen LogP contribution in [0.5, 0.6) is 0 Å². The molecule has 2 rings (SSSR count). The van der Waals surface area contributed by atoms with Crippen LogP contribution in [0.25, 0.3) is 0 Å². The Kier molecular flexibility index (Phi) is 4.22. The predicted molar refractivity (Wildman–Crippen MR) is 72.1 cm³/mol. The first-order chi connectivity index (χ1) is 8.29. The maximum absolute atomic E-state index is 10.4. The van der Waals surface area contributed by atoms with E-state index >= 15 is 0 Å². The van der Waals surface area contributed by atoms with Gasteiger partial charge in [-0.05, 0) is 24.8 Å². The van der Waals surface area contributed by atoms with Gasteiger partial charge in [0.1, 0.15) is 0 Å². The van der Waals surface area contributed by atoms with Crippen molar-refractivity contribution in [1.29, 1.82) is 0 Å². The minimum absolute atomic E-state index is 0.105. The Balaban J connectivity index is 1.88. The minimum Gasteiger partial charge on any atom is -0.392 e. The van der Waals surface area contributed by atoms with Crippen LogP contribution in [-0.4, -0.2) is 11.2 Å². The third kappa shape index (κ3) is 2.90. The molecule has 0 amide bonds. The molecule has 0 aromatic heterocycles. The average Bonchev–Trinajstić information content (AvgIpc) is 3.17. The second-order valence-electron chi connectivity index (χ2n) is 5.39. The summed E-state index contributed by atoms with van der Waals surface area (Å²) in [5, 5.41) is 10.4. The molecule has 1 atom stereocenters. The Bertz CT molecular complexity index is 327. The summed E-state index contributed by atoms with van der Waals surface area (Å²) in [6.07, 6.45) is 8.14. The Labute approximate surface area is 105 Å². The fourth-order valence-corrected chi connectivity index (χ4v) is 2.76. The first-order valence-corrected chi connectivity index (χ1v) is 7.03. The van der Waals surface area contributed by atoms with Crippen LogP contribution in [0.2, 0.25) is 0 Å². The molecule has 0 bridgehead atoms. The fourth-order valence-electron chi connectivity index (χ4n) is 2.76. The zero-order chi connectivity index (χ0) is 12.1. The largest absolute Gasteiger partial charge is 0.392 e. The Morgan fingerprint density at radius 3 is 2.41 bits per heavy atom. The molecule has 0 spiro atoms. The van der Waals surface area contributed by atoms with E-state index in [0.29, 0.717) is 0 Å². The second-order valence-corrected chi connectivity index (χ2v) is 5.39. The first kappa shape index (κ1) is 12.6. The van der Waals surface area contributed by atoms with E-state index in [1.807, 2.05) is 6.07 Å². The highest BCUT2D eigenvalue weighted by atomic mass is 16.3. The summed E-state index contributed by atoms with van der Waals surface area (Å²) >= 11 is 0. The molecule has 0 radical (unpaired) electrons. The Hall–Kier alpha value is -0.820. The fraction of sp³-hybridized carbons (Fsp3) is 0.625. The molecule has 0 aliphatic heterocycles. The van der Waals surface area contributed by atoms with Crippen LogP contribution in [0.4, 0.5) is 0 Å². The zero-order valence-electron chi connectivity index (χ0n) is 10.9. The van der Waals surface area contributed by atoms with Crippen LogP contribution in [-0.2, 0) is 5.41 Å². The lowest BCUT2D eigenvalue weighted by Crippen LogP contribution is -2.25. The number of aliphatic hydroxyl groups is 1. The molecular weight excluding hydrogens is 208 g/mol. The van der Waals surface area contributed by atoms with Crippen molar-refractivity contribution in [3.05, 3.63) is 35.9 Å². The molecular formula is C16H24O. The number of hydrogen-bond acceptors (Lipinski definition) is 1. The molecule has 1 aliphatic rings. The number of benzene rings is 1. The van der Waals surface area contributed by atoms with E-state index in [2.05, 4.69) is 31.2 Å². The van der Waals surface area contributed by atoms with Gasteiger partial charge in [-0.25, -0.2) is 0 Å². The molecule has 1 heteroatoms. The summed E-state index contributed by atoms with van der Waals surface area (Å²) in [6.45, 7) is 2.22. The SMILES string of the molecule is CCCCCCC(O)C1(c2ccccc2)CC1. The number of rotatable bonds is 7. The summed E-state index contributed by atoms with van der Waals surface area (Å²) < 4.78 is 0. The number of aliphatic hydroxyl groups excluding tert-OH is 1. The van der Waals surface area contributed by atoms with Crippen LogP contribution < -0.4 is 0 Å². The second kappa shape index (κ2) is 5.68. The molecule has 0 saturated heterocycles. The van der Waals surface area contributed by atoms with Crippen LogP contribution in [0, 0.1) is 0 Å². The third-order valence-electron chi connectivity index (χ3n) is 4.11. The summed E-state index contributed by atoms with van der Waals surface area (Å²) in [5.74, 6) is 0. The Morgan fingerprint density at radius 2 is 1.82 bits per heavy atom. The highest BCUT2D eigenvalue weighted by Gasteiger charge is 2.49. The summed E-state index contributed by atoms with van der Waals surface area (Å²) in [6, 6.07) is 10.6. The normalized spacial score (nSPS) is 18.9. The van der Waals surface area contributed by atoms with E-state index in [4.69, 9.17) is 0 Å². The highest BCUT2D eigenvalue weighted by Crippen LogP contribution is 2.52. The van der Waals surface area contributed by atoms with Gasteiger partial charge < -0.3 is 5.11 Å². The van der Waals surface area contributed by atoms with Crippen LogP contribution in [0.1, 0.15) is 57.4 Å². The van der Waals surface area contributed by atoms with Crippen molar-refractivity contribution < 1.29 is 5.11 Å². The summed E-state index contributed by atoms with van der Waals surface area (Å²) in [4.78, 5) is 0. The predicted octanol–water partition coefficient (Wildman–Crippen LogP) is 4.05. The van der Waals surface area contributed by atoms with E-state index in [-0.39, 0.29) is 11.5 Å². The quantitative estimate of drug-likeness (QED) is 0.703. The van der Waals surface area contributed by atoms with Crippen LogP contribution >= 0.6 is 0 Å². The average molecular weight is 232 g/mol. The maximum atomic E-state index is 10.4. The van der Waals surface area contributed by atoms with E-state index < -0.39 is 0 Å². The van der Waals surface area contributed by atoms with Crippen molar-refractivity contribution in [3.63, 3.8) is 0 Å². The van der Waals surface area contributed by atoms with Crippen molar-refractivity contribution in [3.8, 4) is 0 Å². The van der Waals surface area contributed by atoms with E-state index in [0.717, 1.165) is 19.3 Å². The molecule has 1 fully saturated rings. The van der Waals surface area contributed by atoms with Crippen molar-refractivity contribution in [2.45, 2.75) is 63.4 Å². The van der Waals surface area contributed by atoms with Crippen molar-refractivity contribution in [1.82, 2.24) is 0 Å². The molecule has 1 unspecified atom stereocenters. The molecule has 1 aliphatic carbocycles. The molecule has 1 aromatic rings. The van der Waals surface area contributed by atoms with Gasteiger partial charge in [-0.1, -0.05) is 62.9 Å². The lowest BCUT2D eigenvalue weighted by Gasteiger charge is -2.22. The first-order valence-electron chi connectivity index (χ1n) is 7.03. The Morgan fingerprint density at radius 1 is 1.12 bits per heavy atom. The van der Waals surface area contributed by atoms with Gasteiger partial charge in [0, 0.05) is 5.41 Å². The summed E-state index contributed by atoms with van der Waals surface area (Å²) in [5.41, 5.74) is 1.44. The van der Waals surface area contributed by atoms with Crippen molar-refractivity contribution in [2.75, 3.05) is 0 Å². The zero-order valence-corrected chi connectivity index (χ0v) is 10.9. The van der Waals surface area contributed by atoms with E-state index in [1.165, 1.54) is 31.2 Å². The van der Waals surface area contributed by atoms with Gasteiger partial charge in [-0.3, -0.25) is 0 Å². The van der Waals surface area contributed by atoms with Crippen molar-refractivity contribution in [2.24, 2.45) is 0 Å². The molecule has 17 heavy (non-hydrogen) atoms. The molecule has 0 heterocycles. The molecule has 94 valence electrons. The smallest absolute Gasteiger partial charge is 0.0636 e. The van der Waals surface area contributed by atoms with Gasteiger partial charge >= 0.3 is 0 Å². The van der Waals surface area contributed by atoms with Gasteiger partial charge in [0.05, 0.1) is 6.10 Å². The maximum Gasteiger partial charge on any atom is 0.0636 e. The van der Waals surface area contributed by atoms with E-state index in [9.17, 15) is 5.11 Å². The lowest BCUT2D eigenvalue weighted by molar-refractivity contribution is 0.119. The molecule has 1 aromatic carbocycles. The molecule has 1 saturated carbocycles. The lowest BCUT2D eigenvalue weighted by atomic mass is 9.87. The van der Waals surface area contributed by atoms with Gasteiger partial charge in [0.2, 0.25) is 0 Å². The van der Waals surface area contributed by atoms with Gasteiger partial charge in [0.25, 0.3) is 0 Å². The topological polar surface area (TPSA) is 20.2 Å². The molecule has 1 nitrogen and oxygen atoms in total. The number of hydrogen-bond donors (Lipinski definition) is 1. The highest BCUT2D eigenvalue weighted by molar-refractivity contribution is 5.32. The number of unbranched alkanes of at least 4 members (excludes halogenated alkanes) is 3. The van der Waals surface area contributed by atoms with Gasteiger partial charge in [0.15, 0.2) is 0 Å². The van der Waals surface area contributed by atoms with E-state index in [1.54, 1.807) is 0 Å². The van der Waals surface area contributed by atoms with Crippen LogP contribution in [0.3, 0.4) is 0 Å². The third-order valence-corrected chi connectivity index (χ3v) is 4.11. The summed E-state index contributed by atoms with van der Waals surface area (Å²) in [7, 11) is 0. The van der Waals surface area contributed by atoms with Gasteiger partial charge in [-0.15, -0.1) is 0 Å². The monoisotopic (exact) mass is 232 g/mol. The molecule has 1 N–H and O–H groups in total.